The van der Waals surface area contributed by atoms with Crippen molar-refractivity contribution in [3.63, 3.8) is 0 Å². The molecule has 0 aliphatic heterocycles. The number of nitrogens with one attached hydrogen (secondary N) is 2. The Kier molecular flexibility index (Phi) is 7.01. The van der Waals surface area contributed by atoms with E-state index in [9.17, 15) is 27.5 Å². The van der Waals surface area contributed by atoms with Gasteiger partial charge in [0.05, 0.1) is 63.9 Å². The van der Waals surface area contributed by atoms with E-state index in [4.69, 9.17) is 5.26 Å². The van der Waals surface area contributed by atoms with Crippen LogP contribution in [0.3, 0.4) is 0 Å². The van der Waals surface area contributed by atoms with Crippen LogP contribution in [-0.4, -0.2) is 48.9 Å². The van der Waals surface area contributed by atoms with E-state index >= 15 is 0 Å². The lowest BCUT2D eigenvalue weighted by Gasteiger charge is -2.22. The third kappa shape index (κ3) is 5.70. The first kappa shape index (κ1) is 26.5. The zero-order chi connectivity index (χ0) is 27.7. The summed E-state index contributed by atoms with van der Waals surface area (Å²) in [4.78, 5) is 20.6. The minimum atomic E-state index is -4.62. The van der Waals surface area contributed by atoms with Gasteiger partial charge < -0.3 is 15.7 Å². The summed E-state index contributed by atoms with van der Waals surface area (Å²) in [6.45, 7) is 2.04. The number of alkyl halides is 4. The molecule has 0 aromatic carbocycles. The molecule has 0 unspecified atom stereocenters. The molecule has 1 atom stereocenters. The number of hydrogen-bond donors (Lipinski definition) is 3. The molecule has 0 spiro atoms. The first-order chi connectivity index (χ1) is 17.9. The Hall–Kier alpha value is -4.57. The average molecular weight is 527 g/mol. The Bertz CT molecular complexity index is 1520. The number of carbonyl (C=O) groups is 1. The molecule has 4 rings (SSSR count). The van der Waals surface area contributed by atoms with Gasteiger partial charge in [0.25, 0.3) is 5.91 Å². The van der Waals surface area contributed by atoms with Crippen LogP contribution in [-0.2, 0) is 6.18 Å². The third-order valence-electron chi connectivity index (χ3n) is 5.58. The molecule has 4 aromatic heterocycles. The van der Waals surface area contributed by atoms with Crippen molar-refractivity contribution >= 4 is 22.8 Å². The predicted octanol–water partition coefficient (Wildman–Crippen LogP) is 4.26. The molecule has 0 bridgehead atoms. The fourth-order valence-corrected chi connectivity index (χ4v) is 3.45. The summed E-state index contributed by atoms with van der Waals surface area (Å²) in [5, 5.41) is 28.4. The van der Waals surface area contributed by atoms with Gasteiger partial charge in [-0.15, -0.1) is 0 Å². The van der Waals surface area contributed by atoms with Crippen LogP contribution in [0.2, 0.25) is 0 Å². The first-order valence-corrected chi connectivity index (χ1v) is 11.2. The van der Waals surface area contributed by atoms with Crippen LogP contribution in [0.4, 0.5) is 28.9 Å². The molecular formula is C25H21F4N7O2. The summed E-state index contributed by atoms with van der Waals surface area (Å²) in [6.07, 6.45) is -2.81. The number of carbonyl (C=O) groups excluding carboxylic acids is 1. The van der Waals surface area contributed by atoms with Gasteiger partial charge in [0.2, 0.25) is 0 Å². The number of nitriles is 1. The summed E-state index contributed by atoms with van der Waals surface area (Å²) in [5.74, 6) is -0.727. The molecule has 0 saturated carbocycles. The summed E-state index contributed by atoms with van der Waals surface area (Å²) >= 11 is 0. The number of rotatable bonds is 7. The van der Waals surface area contributed by atoms with Crippen molar-refractivity contribution < 1.29 is 27.5 Å². The molecular weight excluding hydrogens is 506 g/mol. The van der Waals surface area contributed by atoms with Crippen molar-refractivity contribution in [2.45, 2.75) is 31.8 Å². The topological polar surface area (TPSA) is 128 Å². The third-order valence-corrected chi connectivity index (χ3v) is 5.58. The highest BCUT2D eigenvalue weighted by atomic mass is 19.4. The van der Waals surface area contributed by atoms with Gasteiger partial charge in [0, 0.05) is 6.20 Å². The Morgan fingerprint density at radius 1 is 1.13 bits per heavy atom. The van der Waals surface area contributed by atoms with Gasteiger partial charge in [0.1, 0.15) is 17.9 Å². The average Bonchev–Trinajstić information content (AvgIpc) is 3.29. The lowest BCUT2D eigenvalue weighted by Crippen LogP contribution is -2.42. The highest BCUT2D eigenvalue weighted by molar-refractivity contribution is 6.00. The maximum Gasteiger partial charge on any atom is 0.433 e. The molecule has 0 aliphatic carbocycles. The van der Waals surface area contributed by atoms with Crippen LogP contribution in [0, 0.1) is 11.3 Å². The largest absolute Gasteiger partial charge is 0.433 e. The molecule has 0 aliphatic rings. The van der Waals surface area contributed by atoms with Gasteiger partial charge >= 0.3 is 6.18 Å². The maximum atomic E-state index is 14.2. The second-order valence-electron chi connectivity index (χ2n) is 8.91. The molecule has 0 radical (unpaired) electrons. The molecule has 13 heteroatoms. The maximum absolute atomic E-state index is 14.2. The Morgan fingerprint density at radius 2 is 1.89 bits per heavy atom. The summed E-state index contributed by atoms with van der Waals surface area (Å²) in [7, 11) is 0. The molecule has 3 N–H and O–H groups in total. The minimum Gasteiger partial charge on any atom is -0.387 e. The zero-order valence-electron chi connectivity index (χ0n) is 20.1. The van der Waals surface area contributed by atoms with Crippen molar-refractivity contribution in [3.05, 3.63) is 71.8 Å². The number of anilines is 2. The van der Waals surface area contributed by atoms with E-state index in [2.05, 4.69) is 25.7 Å². The van der Waals surface area contributed by atoms with Gasteiger partial charge in [-0.2, -0.15) is 23.5 Å². The second-order valence-corrected chi connectivity index (χ2v) is 8.91. The van der Waals surface area contributed by atoms with E-state index in [-0.39, 0.29) is 16.9 Å². The number of aromatic nitrogens is 4. The van der Waals surface area contributed by atoms with Crippen molar-refractivity contribution in [1.29, 1.82) is 5.26 Å². The normalized spacial score (nSPS) is 12.7. The SMILES string of the molecule is CC(C)(O)[C@H](F)CNC(=O)c1cnc(-c2ccc3cc(C#N)cnn23)cc1Nc1ccc(C(F)(F)F)nc1. The van der Waals surface area contributed by atoms with Crippen molar-refractivity contribution in [1.82, 2.24) is 24.9 Å². The van der Waals surface area contributed by atoms with Crippen LogP contribution >= 0.6 is 0 Å². The highest BCUT2D eigenvalue weighted by Gasteiger charge is 2.32. The summed E-state index contributed by atoms with van der Waals surface area (Å²) in [6, 6.07) is 10.5. The lowest BCUT2D eigenvalue weighted by atomic mass is 10.0. The number of nitrogens with zero attached hydrogens (tertiary/aromatic N) is 5. The van der Waals surface area contributed by atoms with Gasteiger partial charge in [-0.05, 0) is 50.2 Å². The number of fused-ring (bicyclic) bond motifs is 1. The Morgan fingerprint density at radius 3 is 2.53 bits per heavy atom. The predicted molar refractivity (Wildman–Crippen MR) is 129 cm³/mol. The van der Waals surface area contributed by atoms with E-state index in [1.165, 1.54) is 36.8 Å². The molecule has 196 valence electrons. The van der Waals surface area contributed by atoms with E-state index in [1.54, 1.807) is 18.2 Å². The standard InChI is InChI=1S/C25H21F4N7O2/c1-24(2,38)21(26)13-33-23(37)17-12-31-19(20-5-4-16-7-14(9-30)10-34-36(16)20)8-18(17)35-15-3-6-22(32-11-15)25(27,28)29/h3-8,10-12,21,38H,13H2,1-2H3,(H,31,35)(H,33,37)/t21-/m1/s1. The fourth-order valence-electron chi connectivity index (χ4n) is 3.45. The molecule has 9 nitrogen and oxygen atoms in total. The van der Waals surface area contributed by atoms with Gasteiger partial charge in [-0.3, -0.25) is 9.78 Å². The number of aliphatic hydroxyl groups is 1. The van der Waals surface area contributed by atoms with Crippen LogP contribution in [0.1, 0.15) is 35.5 Å². The van der Waals surface area contributed by atoms with E-state index in [0.717, 1.165) is 18.3 Å². The number of halogens is 4. The van der Waals surface area contributed by atoms with Crippen molar-refractivity contribution in [2.24, 2.45) is 0 Å². The number of pyridine rings is 2. The van der Waals surface area contributed by atoms with Crippen LogP contribution in [0.5, 0.6) is 0 Å². The Balaban J connectivity index is 1.71. The molecule has 0 saturated heterocycles. The fraction of sp³-hybridized carbons (Fsp3) is 0.240. The highest BCUT2D eigenvalue weighted by Crippen LogP contribution is 2.30. The van der Waals surface area contributed by atoms with Crippen molar-refractivity contribution in [2.75, 3.05) is 11.9 Å². The van der Waals surface area contributed by atoms with Crippen LogP contribution < -0.4 is 10.6 Å². The molecule has 4 aromatic rings. The summed E-state index contributed by atoms with van der Waals surface area (Å²) in [5.41, 5.74) is -0.663. The lowest BCUT2D eigenvalue weighted by molar-refractivity contribution is -0.141. The van der Waals surface area contributed by atoms with Gasteiger partial charge in [-0.1, -0.05) is 0 Å². The molecule has 4 heterocycles. The van der Waals surface area contributed by atoms with Gasteiger partial charge in [0.15, 0.2) is 0 Å². The second kappa shape index (κ2) is 10.1. The zero-order valence-corrected chi connectivity index (χ0v) is 20.1. The van der Waals surface area contributed by atoms with Crippen LogP contribution in [0.15, 0.2) is 55.0 Å². The smallest absolute Gasteiger partial charge is 0.387 e. The molecule has 1 amide bonds. The molecule has 38 heavy (non-hydrogen) atoms. The van der Waals surface area contributed by atoms with E-state index < -0.39 is 36.1 Å². The number of amides is 1. The minimum absolute atomic E-state index is 0.0304. The summed E-state index contributed by atoms with van der Waals surface area (Å²) < 4.78 is 54.5. The Labute approximate surface area is 213 Å². The first-order valence-electron chi connectivity index (χ1n) is 11.2. The van der Waals surface area contributed by atoms with Crippen LogP contribution in [0.25, 0.3) is 16.9 Å². The van der Waals surface area contributed by atoms with Crippen molar-refractivity contribution in [3.8, 4) is 17.5 Å². The van der Waals surface area contributed by atoms with E-state index in [1.807, 2.05) is 6.07 Å². The van der Waals surface area contributed by atoms with Gasteiger partial charge in [-0.25, -0.2) is 13.9 Å². The molecule has 0 fully saturated rings. The number of hydrogen-bond acceptors (Lipinski definition) is 7. The monoisotopic (exact) mass is 527 g/mol. The van der Waals surface area contributed by atoms with E-state index in [0.29, 0.717) is 22.5 Å². The quantitative estimate of drug-likeness (QED) is 0.306.